The van der Waals surface area contributed by atoms with Crippen LogP contribution in [-0.4, -0.2) is 23.3 Å². The number of carboxylic acid groups (broad SMARTS) is 1. The maximum Gasteiger partial charge on any atom is 0.336 e. The molecule has 0 aromatic heterocycles. The lowest BCUT2D eigenvalue weighted by atomic mass is 10.1. The van der Waals surface area contributed by atoms with Crippen molar-refractivity contribution < 1.29 is 19.1 Å². The van der Waals surface area contributed by atoms with Gasteiger partial charge in [0.25, 0.3) is 0 Å². The number of halogens is 1. The van der Waals surface area contributed by atoms with Gasteiger partial charge in [0.05, 0.1) is 6.04 Å². The summed E-state index contributed by atoms with van der Waals surface area (Å²) in [5, 5.41) is 8.66. The molecule has 0 saturated heterocycles. The standard InChI is InChI=1S/C7H10FNO3/c1-3(8)6-5(7(10)11)4(2)9-12-6/h3-4,9H,1-2H3,(H,10,11). The van der Waals surface area contributed by atoms with E-state index in [1.807, 2.05) is 0 Å². The fourth-order valence-electron chi connectivity index (χ4n) is 1.07. The number of hydrogen-bond donors (Lipinski definition) is 2. The molecule has 2 unspecified atom stereocenters. The van der Waals surface area contributed by atoms with E-state index in [0.717, 1.165) is 0 Å². The Morgan fingerprint density at radius 3 is 2.75 bits per heavy atom. The van der Waals surface area contributed by atoms with Crippen molar-refractivity contribution >= 4 is 5.97 Å². The zero-order valence-electron chi connectivity index (χ0n) is 6.80. The SMILES string of the molecule is CC(F)C1=C(C(=O)O)C(C)NO1. The number of nitrogens with one attached hydrogen (secondary N) is 1. The Hall–Kier alpha value is -1.10. The van der Waals surface area contributed by atoms with Crippen LogP contribution in [-0.2, 0) is 9.63 Å². The Balaban J connectivity index is 2.98. The Kier molecular flexibility index (Phi) is 2.32. The Morgan fingerprint density at radius 2 is 2.42 bits per heavy atom. The third-order valence-electron chi connectivity index (χ3n) is 1.64. The predicted octanol–water partition coefficient (Wildman–Crippen LogP) is 0.606. The van der Waals surface area contributed by atoms with Crippen molar-refractivity contribution in [3.8, 4) is 0 Å². The van der Waals surface area contributed by atoms with Gasteiger partial charge in [-0.1, -0.05) is 0 Å². The molecule has 68 valence electrons. The third kappa shape index (κ3) is 1.40. The molecule has 4 nitrogen and oxygen atoms in total. The second-order valence-corrected chi connectivity index (χ2v) is 2.64. The molecule has 2 N–H and O–H groups in total. The highest BCUT2D eigenvalue weighted by Crippen LogP contribution is 2.21. The molecule has 0 saturated carbocycles. The summed E-state index contributed by atoms with van der Waals surface area (Å²) < 4.78 is 12.7. The van der Waals surface area contributed by atoms with Crippen LogP contribution in [0.15, 0.2) is 11.3 Å². The average Bonchev–Trinajstić information content (AvgIpc) is 2.30. The normalized spacial score (nSPS) is 25.4. The highest BCUT2D eigenvalue weighted by molar-refractivity contribution is 5.89. The van der Waals surface area contributed by atoms with Gasteiger partial charge in [0.1, 0.15) is 5.57 Å². The molecule has 12 heavy (non-hydrogen) atoms. The smallest absolute Gasteiger partial charge is 0.336 e. The summed E-state index contributed by atoms with van der Waals surface area (Å²) in [4.78, 5) is 15.3. The maximum atomic E-state index is 12.7. The van der Waals surface area contributed by atoms with E-state index in [9.17, 15) is 9.18 Å². The summed E-state index contributed by atoms with van der Waals surface area (Å²) in [7, 11) is 0. The molecule has 1 heterocycles. The highest BCUT2D eigenvalue weighted by Gasteiger charge is 2.32. The van der Waals surface area contributed by atoms with Crippen LogP contribution in [0.4, 0.5) is 4.39 Å². The minimum Gasteiger partial charge on any atom is -0.478 e. The van der Waals surface area contributed by atoms with Crippen molar-refractivity contribution in [3.05, 3.63) is 11.3 Å². The van der Waals surface area contributed by atoms with Gasteiger partial charge in [-0.05, 0) is 13.8 Å². The zero-order valence-corrected chi connectivity index (χ0v) is 6.80. The highest BCUT2D eigenvalue weighted by atomic mass is 19.1. The van der Waals surface area contributed by atoms with E-state index in [2.05, 4.69) is 10.3 Å². The van der Waals surface area contributed by atoms with Crippen LogP contribution in [0.3, 0.4) is 0 Å². The van der Waals surface area contributed by atoms with Gasteiger partial charge in [-0.15, -0.1) is 5.48 Å². The molecular formula is C7H10FNO3. The summed E-state index contributed by atoms with van der Waals surface area (Å²) in [5.74, 6) is -1.28. The van der Waals surface area contributed by atoms with Gasteiger partial charge >= 0.3 is 5.97 Å². The molecule has 5 heteroatoms. The van der Waals surface area contributed by atoms with Crippen molar-refractivity contribution in [2.75, 3.05) is 0 Å². The number of hydrogen-bond acceptors (Lipinski definition) is 3. The summed E-state index contributed by atoms with van der Waals surface area (Å²) >= 11 is 0. The predicted molar refractivity (Wildman–Crippen MR) is 38.9 cm³/mol. The van der Waals surface area contributed by atoms with Crippen LogP contribution in [0.2, 0.25) is 0 Å². The van der Waals surface area contributed by atoms with E-state index >= 15 is 0 Å². The molecule has 0 bridgehead atoms. The van der Waals surface area contributed by atoms with Crippen LogP contribution >= 0.6 is 0 Å². The van der Waals surface area contributed by atoms with E-state index in [1.165, 1.54) is 6.92 Å². The number of rotatable bonds is 2. The van der Waals surface area contributed by atoms with Gasteiger partial charge in [0.15, 0.2) is 11.9 Å². The largest absolute Gasteiger partial charge is 0.478 e. The minimum absolute atomic E-state index is 0.0370. The van der Waals surface area contributed by atoms with E-state index < -0.39 is 18.2 Å². The Bertz CT molecular complexity index is 237. The lowest BCUT2D eigenvalue weighted by Gasteiger charge is -2.02. The van der Waals surface area contributed by atoms with Gasteiger partial charge in [0, 0.05) is 0 Å². The van der Waals surface area contributed by atoms with Gasteiger partial charge in [-0.3, -0.25) is 0 Å². The topological polar surface area (TPSA) is 58.6 Å². The first-order valence-corrected chi connectivity index (χ1v) is 3.57. The molecule has 1 rings (SSSR count). The fourth-order valence-corrected chi connectivity index (χ4v) is 1.07. The second-order valence-electron chi connectivity index (χ2n) is 2.64. The molecule has 0 fully saturated rings. The molecule has 0 amide bonds. The van der Waals surface area contributed by atoms with Crippen molar-refractivity contribution in [1.29, 1.82) is 0 Å². The van der Waals surface area contributed by atoms with Gasteiger partial charge in [0.2, 0.25) is 0 Å². The molecule has 1 aliphatic rings. The van der Waals surface area contributed by atoms with E-state index in [-0.39, 0.29) is 11.3 Å². The zero-order chi connectivity index (χ0) is 9.30. The summed E-state index contributed by atoms with van der Waals surface area (Å²) in [6.07, 6.45) is -1.39. The average molecular weight is 175 g/mol. The Labute approximate surface area is 69.0 Å². The monoisotopic (exact) mass is 175 g/mol. The minimum atomic E-state index is -1.39. The van der Waals surface area contributed by atoms with Crippen molar-refractivity contribution in [1.82, 2.24) is 5.48 Å². The number of carboxylic acids is 1. The molecule has 0 radical (unpaired) electrons. The van der Waals surface area contributed by atoms with Crippen molar-refractivity contribution in [3.63, 3.8) is 0 Å². The van der Waals surface area contributed by atoms with Crippen molar-refractivity contribution in [2.45, 2.75) is 26.1 Å². The van der Waals surface area contributed by atoms with Crippen LogP contribution in [0.5, 0.6) is 0 Å². The van der Waals surface area contributed by atoms with Crippen molar-refractivity contribution in [2.24, 2.45) is 0 Å². The van der Waals surface area contributed by atoms with Gasteiger partial charge in [-0.2, -0.15) is 0 Å². The first-order chi connectivity index (χ1) is 5.54. The number of aliphatic carboxylic acids is 1. The summed E-state index contributed by atoms with van der Waals surface area (Å²) in [5.41, 5.74) is 2.35. The number of carbonyl (C=O) groups is 1. The first-order valence-electron chi connectivity index (χ1n) is 3.57. The Morgan fingerprint density at radius 1 is 1.83 bits per heavy atom. The molecule has 0 aromatic carbocycles. The van der Waals surface area contributed by atoms with Gasteiger partial charge in [-0.25, -0.2) is 9.18 Å². The molecule has 2 atom stereocenters. The fraction of sp³-hybridized carbons (Fsp3) is 0.571. The van der Waals surface area contributed by atoms with Gasteiger partial charge < -0.3 is 9.94 Å². The van der Waals surface area contributed by atoms with E-state index in [1.54, 1.807) is 6.92 Å². The van der Waals surface area contributed by atoms with Crippen LogP contribution in [0, 0.1) is 0 Å². The van der Waals surface area contributed by atoms with Crippen LogP contribution in [0.25, 0.3) is 0 Å². The lowest BCUT2D eigenvalue weighted by molar-refractivity contribution is -0.132. The number of allylic oxidation sites excluding steroid dienone is 1. The third-order valence-corrected chi connectivity index (χ3v) is 1.64. The second kappa shape index (κ2) is 3.10. The lowest BCUT2D eigenvalue weighted by Crippen LogP contribution is -2.23. The summed E-state index contributed by atoms with van der Waals surface area (Å²) in [6.45, 7) is 2.83. The molecule has 0 spiro atoms. The molecule has 1 aliphatic heterocycles. The quantitative estimate of drug-likeness (QED) is 0.645. The maximum absolute atomic E-state index is 12.7. The molecule has 0 aliphatic carbocycles. The van der Waals surface area contributed by atoms with E-state index in [4.69, 9.17) is 5.11 Å². The van der Waals surface area contributed by atoms with Crippen LogP contribution in [0.1, 0.15) is 13.8 Å². The van der Waals surface area contributed by atoms with Crippen LogP contribution < -0.4 is 5.48 Å². The number of alkyl halides is 1. The molecular weight excluding hydrogens is 165 g/mol. The molecule has 0 aromatic rings. The number of hydroxylamine groups is 1. The summed E-state index contributed by atoms with van der Waals surface area (Å²) in [6, 6.07) is -0.462. The first kappa shape index (κ1) is 8.99. The van der Waals surface area contributed by atoms with E-state index in [0.29, 0.717) is 0 Å².